The van der Waals surface area contributed by atoms with Crippen LogP contribution in [0.2, 0.25) is 0 Å². The van der Waals surface area contributed by atoms with Gasteiger partial charge in [-0.2, -0.15) is 5.10 Å². The molecule has 1 aromatic carbocycles. The fourth-order valence-electron chi connectivity index (χ4n) is 2.62. The largest absolute Gasteiger partial charge is 0.449 e. The molecule has 1 amide bonds. The van der Waals surface area contributed by atoms with E-state index in [4.69, 9.17) is 4.74 Å². The van der Waals surface area contributed by atoms with E-state index in [-0.39, 0.29) is 5.56 Å². The fourth-order valence-corrected chi connectivity index (χ4v) is 2.62. The molecule has 29 heavy (non-hydrogen) atoms. The van der Waals surface area contributed by atoms with E-state index in [2.05, 4.69) is 15.4 Å². The third kappa shape index (κ3) is 4.45. The van der Waals surface area contributed by atoms with Gasteiger partial charge in [-0.25, -0.2) is 23.2 Å². The first-order valence-electron chi connectivity index (χ1n) is 8.72. The number of benzene rings is 1. The van der Waals surface area contributed by atoms with Crippen LogP contribution >= 0.6 is 0 Å². The van der Waals surface area contributed by atoms with Crippen molar-refractivity contribution in [1.82, 2.24) is 14.8 Å². The van der Waals surface area contributed by atoms with Gasteiger partial charge in [0.1, 0.15) is 17.3 Å². The second-order valence-electron chi connectivity index (χ2n) is 6.38. The third-order valence-electron chi connectivity index (χ3n) is 4.07. The number of para-hydroxylation sites is 1. The second kappa shape index (κ2) is 8.17. The van der Waals surface area contributed by atoms with Crippen molar-refractivity contribution < 1.29 is 23.1 Å². The molecule has 1 N–H and O–H groups in total. The number of hydrogen-bond donors (Lipinski definition) is 1. The quantitative estimate of drug-likeness (QED) is 0.664. The monoisotopic (exact) mass is 400 g/mol. The zero-order chi connectivity index (χ0) is 21.1. The average Bonchev–Trinajstić information content (AvgIpc) is 3.02. The minimum absolute atomic E-state index is 0.118. The van der Waals surface area contributed by atoms with Gasteiger partial charge in [0.15, 0.2) is 11.9 Å². The number of amides is 1. The summed E-state index contributed by atoms with van der Waals surface area (Å²) in [7, 11) is 0. The molecule has 1 unspecified atom stereocenters. The molecule has 2 aromatic heterocycles. The van der Waals surface area contributed by atoms with Gasteiger partial charge in [-0.3, -0.25) is 4.79 Å². The van der Waals surface area contributed by atoms with Gasteiger partial charge in [0.05, 0.1) is 11.3 Å². The molecule has 0 radical (unpaired) electrons. The van der Waals surface area contributed by atoms with Crippen molar-refractivity contribution in [2.24, 2.45) is 0 Å². The summed E-state index contributed by atoms with van der Waals surface area (Å²) in [6.07, 6.45) is 0.0205. The molecular weight excluding hydrogens is 382 g/mol. The first-order valence-corrected chi connectivity index (χ1v) is 8.72. The number of pyridine rings is 1. The lowest BCUT2D eigenvalue weighted by atomic mass is 10.2. The van der Waals surface area contributed by atoms with Gasteiger partial charge in [0.25, 0.3) is 5.91 Å². The van der Waals surface area contributed by atoms with Gasteiger partial charge >= 0.3 is 5.97 Å². The first-order chi connectivity index (χ1) is 13.8. The van der Waals surface area contributed by atoms with Gasteiger partial charge in [0, 0.05) is 11.9 Å². The van der Waals surface area contributed by atoms with E-state index in [1.54, 1.807) is 10.7 Å². The van der Waals surface area contributed by atoms with E-state index >= 15 is 0 Å². The highest BCUT2D eigenvalue weighted by Gasteiger charge is 2.22. The van der Waals surface area contributed by atoms with Crippen molar-refractivity contribution in [2.75, 3.05) is 5.32 Å². The molecule has 0 spiro atoms. The van der Waals surface area contributed by atoms with Gasteiger partial charge < -0.3 is 10.1 Å². The number of ether oxygens (including phenoxy) is 1. The Hall–Kier alpha value is -3.62. The molecule has 3 rings (SSSR count). The summed E-state index contributed by atoms with van der Waals surface area (Å²) in [5.74, 6) is -3.00. The van der Waals surface area contributed by atoms with Crippen LogP contribution in [0.15, 0.2) is 42.6 Å². The Bertz CT molecular complexity index is 1040. The van der Waals surface area contributed by atoms with Crippen molar-refractivity contribution in [2.45, 2.75) is 26.9 Å². The van der Waals surface area contributed by atoms with E-state index in [1.807, 2.05) is 19.9 Å². The maximum Gasteiger partial charge on any atom is 0.340 e. The van der Waals surface area contributed by atoms with Crippen LogP contribution in [0.4, 0.5) is 14.5 Å². The van der Waals surface area contributed by atoms with Crippen LogP contribution in [0, 0.1) is 25.5 Å². The molecule has 7 nitrogen and oxygen atoms in total. The molecule has 0 saturated heterocycles. The molecule has 1 atom stereocenters. The number of aryl methyl sites for hydroxylation is 2. The number of esters is 1. The van der Waals surface area contributed by atoms with Gasteiger partial charge in [-0.05, 0) is 51.1 Å². The first kappa shape index (κ1) is 20.1. The number of nitrogens with one attached hydrogen (secondary N) is 1. The maximum absolute atomic E-state index is 13.6. The molecule has 0 aliphatic heterocycles. The fraction of sp³-hybridized carbons (Fsp3) is 0.200. The lowest BCUT2D eigenvalue weighted by Gasteiger charge is -2.14. The van der Waals surface area contributed by atoms with Crippen molar-refractivity contribution >= 4 is 17.6 Å². The van der Waals surface area contributed by atoms with E-state index < -0.39 is 35.3 Å². The summed E-state index contributed by atoms with van der Waals surface area (Å²) in [4.78, 5) is 28.6. The molecule has 0 bridgehead atoms. The summed E-state index contributed by atoms with van der Waals surface area (Å²) >= 11 is 0. The number of hydrogen-bond acceptors (Lipinski definition) is 5. The zero-order valence-electron chi connectivity index (χ0n) is 15.9. The number of carbonyl (C=O) groups is 2. The SMILES string of the molecule is Cc1cc(C)n(-c2ccc(C(=O)OC(C)C(=O)Nc3c(F)cccc3F)cn2)n1. The Morgan fingerprint density at radius 3 is 2.38 bits per heavy atom. The van der Waals surface area contributed by atoms with Crippen LogP contribution in [0.25, 0.3) is 5.82 Å². The number of rotatable bonds is 5. The predicted octanol–water partition coefficient (Wildman–Crippen LogP) is 3.35. The highest BCUT2D eigenvalue weighted by atomic mass is 19.1. The number of halogens is 2. The van der Waals surface area contributed by atoms with E-state index in [9.17, 15) is 18.4 Å². The van der Waals surface area contributed by atoms with E-state index in [0.29, 0.717) is 5.82 Å². The summed E-state index contributed by atoms with van der Waals surface area (Å²) in [6.45, 7) is 5.03. The average molecular weight is 400 g/mol. The molecule has 0 saturated carbocycles. The molecule has 0 aliphatic rings. The summed E-state index contributed by atoms with van der Waals surface area (Å²) in [5.41, 5.74) is 1.23. The molecule has 0 aliphatic carbocycles. The van der Waals surface area contributed by atoms with Crippen LogP contribution < -0.4 is 5.32 Å². The molecular formula is C20H18F2N4O3. The smallest absolute Gasteiger partial charge is 0.340 e. The summed E-state index contributed by atoms with van der Waals surface area (Å²) in [5, 5.41) is 6.39. The van der Waals surface area contributed by atoms with Gasteiger partial charge in [0.2, 0.25) is 0 Å². The van der Waals surface area contributed by atoms with E-state index in [0.717, 1.165) is 23.5 Å². The third-order valence-corrected chi connectivity index (χ3v) is 4.07. The number of carbonyl (C=O) groups excluding carboxylic acids is 2. The van der Waals surface area contributed by atoms with Crippen LogP contribution in [-0.2, 0) is 9.53 Å². The standard InChI is InChI=1S/C20H18F2N4O3/c1-11-9-12(2)26(25-11)17-8-7-14(10-23-17)20(28)29-13(3)19(27)24-18-15(21)5-4-6-16(18)22/h4-10,13H,1-3H3,(H,24,27). The molecule has 9 heteroatoms. The van der Waals surface area contributed by atoms with Crippen molar-refractivity contribution in [3.8, 4) is 5.82 Å². The van der Waals surface area contributed by atoms with Crippen LogP contribution in [0.3, 0.4) is 0 Å². The highest BCUT2D eigenvalue weighted by Crippen LogP contribution is 2.18. The van der Waals surface area contributed by atoms with Crippen molar-refractivity contribution in [3.05, 3.63) is 71.2 Å². The van der Waals surface area contributed by atoms with Crippen LogP contribution in [-0.4, -0.2) is 32.7 Å². The predicted molar refractivity (Wildman–Crippen MR) is 101 cm³/mol. The highest BCUT2D eigenvalue weighted by molar-refractivity contribution is 5.97. The van der Waals surface area contributed by atoms with E-state index in [1.165, 1.54) is 25.3 Å². The maximum atomic E-state index is 13.6. The summed E-state index contributed by atoms with van der Waals surface area (Å²) in [6, 6.07) is 8.16. The zero-order valence-corrected chi connectivity index (χ0v) is 15.9. The number of anilines is 1. The molecule has 2 heterocycles. The van der Waals surface area contributed by atoms with Gasteiger partial charge in [-0.1, -0.05) is 6.07 Å². The Morgan fingerprint density at radius 1 is 1.14 bits per heavy atom. The normalized spacial score (nSPS) is 11.8. The van der Waals surface area contributed by atoms with Crippen molar-refractivity contribution in [3.63, 3.8) is 0 Å². The Labute approximate surface area is 165 Å². The van der Waals surface area contributed by atoms with Gasteiger partial charge in [-0.15, -0.1) is 0 Å². The van der Waals surface area contributed by atoms with Crippen molar-refractivity contribution in [1.29, 1.82) is 0 Å². The Morgan fingerprint density at radius 2 is 1.83 bits per heavy atom. The Balaban J connectivity index is 1.66. The number of aromatic nitrogens is 3. The minimum Gasteiger partial charge on any atom is -0.449 e. The second-order valence-corrected chi connectivity index (χ2v) is 6.38. The summed E-state index contributed by atoms with van der Waals surface area (Å²) < 4.78 is 34.0. The molecule has 3 aromatic rings. The van der Waals surface area contributed by atoms with Crippen LogP contribution in [0.1, 0.15) is 28.7 Å². The molecule has 0 fully saturated rings. The lowest BCUT2D eigenvalue weighted by Crippen LogP contribution is -2.30. The number of nitrogens with zero attached hydrogens (tertiary/aromatic N) is 3. The molecule has 150 valence electrons. The lowest BCUT2D eigenvalue weighted by molar-refractivity contribution is -0.123. The Kier molecular flexibility index (Phi) is 5.67. The van der Waals surface area contributed by atoms with Crippen LogP contribution in [0.5, 0.6) is 0 Å². The topological polar surface area (TPSA) is 86.1 Å². The minimum atomic E-state index is -1.28.